The number of aliphatic hydroxyl groups is 1. The highest BCUT2D eigenvalue weighted by Crippen LogP contribution is 2.27. The van der Waals surface area contributed by atoms with Crippen molar-refractivity contribution >= 4 is 16.7 Å². The molecule has 2 heterocycles. The number of benzene rings is 2. The molecule has 0 amide bonds. The molecule has 0 bridgehead atoms. The van der Waals surface area contributed by atoms with E-state index in [1.54, 1.807) is 0 Å². The summed E-state index contributed by atoms with van der Waals surface area (Å²) in [5.41, 5.74) is 2.55. The number of hydrogen-bond donors (Lipinski definition) is 2. The predicted octanol–water partition coefficient (Wildman–Crippen LogP) is 3.20. The van der Waals surface area contributed by atoms with Gasteiger partial charge in [-0.25, -0.2) is 4.98 Å². The molecule has 4 nitrogen and oxygen atoms in total. The Morgan fingerprint density at radius 1 is 1.08 bits per heavy atom. The van der Waals surface area contributed by atoms with Gasteiger partial charge in [0, 0.05) is 36.0 Å². The third-order valence-electron chi connectivity index (χ3n) is 4.81. The molecule has 2 N–H and O–H groups in total. The summed E-state index contributed by atoms with van der Waals surface area (Å²) >= 11 is 0. The summed E-state index contributed by atoms with van der Waals surface area (Å²) in [7, 11) is 0. The number of aromatic nitrogens is 1. The molecular weight excluding hydrogens is 312 g/mol. The SMILES string of the molecule is O=C(CCC1(O)CNC1)c1cc(-c2ccccc2)nc2ccccc12. The smallest absolute Gasteiger partial charge is 0.163 e. The number of carbonyl (C=O) groups is 1. The molecule has 0 unspecified atom stereocenters. The summed E-state index contributed by atoms with van der Waals surface area (Å²) < 4.78 is 0. The molecule has 0 atom stereocenters. The van der Waals surface area contributed by atoms with E-state index in [9.17, 15) is 9.90 Å². The number of fused-ring (bicyclic) bond motifs is 1. The van der Waals surface area contributed by atoms with Crippen LogP contribution >= 0.6 is 0 Å². The van der Waals surface area contributed by atoms with Crippen molar-refractivity contribution < 1.29 is 9.90 Å². The second-order valence-electron chi connectivity index (χ2n) is 6.69. The lowest BCUT2D eigenvalue weighted by Gasteiger charge is -2.37. The minimum atomic E-state index is -0.735. The highest BCUT2D eigenvalue weighted by atomic mass is 16.3. The zero-order valence-electron chi connectivity index (χ0n) is 13.9. The summed E-state index contributed by atoms with van der Waals surface area (Å²) in [5, 5.41) is 14.1. The van der Waals surface area contributed by atoms with Crippen molar-refractivity contribution in [2.75, 3.05) is 13.1 Å². The molecule has 1 aromatic heterocycles. The van der Waals surface area contributed by atoms with Gasteiger partial charge in [0.2, 0.25) is 0 Å². The number of Topliss-reactive ketones (excluding diaryl/α,β-unsaturated/α-hetero) is 1. The van der Waals surface area contributed by atoms with Gasteiger partial charge in [0.1, 0.15) is 0 Å². The molecule has 1 aliphatic heterocycles. The third kappa shape index (κ3) is 3.18. The van der Waals surface area contributed by atoms with E-state index in [4.69, 9.17) is 4.98 Å². The predicted molar refractivity (Wildman–Crippen MR) is 98.6 cm³/mol. The molecule has 126 valence electrons. The van der Waals surface area contributed by atoms with Crippen molar-refractivity contribution in [3.63, 3.8) is 0 Å². The Labute approximate surface area is 146 Å². The first-order valence-electron chi connectivity index (χ1n) is 8.56. The second-order valence-corrected chi connectivity index (χ2v) is 6.69. The number of carbonyl (C=O) groups excluding carboxylic acids is 1. The van der Waals surface area contributed by atoms with Crippen LogP contribution in [0.1, 0.15) is 23.2 Å². The number of hydrogen-bond acceptors (Lipinski definition) is 4. The van der Waals surface area contributed by atoms with E-state index in [1.165, 1.54) is 0 Å². The largest absolute Gasteiger partial charge is 0.387 e. The van der Waals surface area contributed by atoms with Gasteiger partial charge in [0.25, 0.3) is 0 Å². The van der Waals surface area contributed by atoms with Gasteiger partial charge in [-0.2, -0.15) is 0 Å². The molecule has 1 fully saturated rings. The van der Waals surface area contributed by atoms with Gasteiger partial charge in [-0.05, 0) is 18.6 Å². The summed E-state index contributed by atoms with van der Waals surface area (Å²) in [6, 6.07) is 19.5. The topological polar surface area (TPSA) is 62.2 Å². The quantitative estimate of drug-likeness (QED) is 0.704. The van der Waals surface area contributed by atoms with Gasteiger partial charge in [-0.3, -0.25) is 4.79 Å². The normalized spacial score (nSPS) is 15.7. The van der Waals surface area contributed by atoms with Crippen LogP contribution in [0.5, 0.6) is 0 Å². The van der Waals surface area contributed by atoms with Crippen LogP contribution in [-0.4, -0.2) is 34.6 Å². The van der Waals surface area contributed by atoms with E-state index in [1.807, 2.05) is 60.7 Å². The maximum absolute atomic E-state index is 12.9. The number of β-amino-alcohol motifs (C(OH)–C–C–N with tert-alkyl or cyclic N) is 1. The van der Waals surface area contributed by atoms with E-state index >= 15 is 0 Å². The Kier molecular flexibility index (Phi) is 4.07. The van der Waals surface area contributed by atoms with Crippen LogP contribution in [0.2, 0.25) is 0 Å². The van der Waals surface area contributed by atoms with Crippen LogP contribution < -0.4 is 5.32 Å². The zero-order chi connectivity index (χ0) is 17.3. The number of nitrogens with one attached hydrogen (secondary N) is 1. The number of nitrogens with zero attached hydrogens (tertiary/aromatic N) is 1. The summed E-state index contributed by atoms with van der Waals surface area (Å²) in [4.78, 5) is 17.6. The maximum atomic E-state index is 12.9. The average molecular weight is 332 g/mol. The molecular formula is C21H20N2O2. The monoisotopic (exact) mass is 332 g/mol. The minimum absolute atomic E-state index is 0.0520. The first kappa shape index (κ1) is 15.9. The van der Waals surface area contributed by atoms with Crippen molar-refractivity contribution in [2.45, 2.75) is 18.4 Å². The molecule has 25 heavy (non-hydrogen) atoms. The summed E-state index contributed by atoms with van der Waals surface area (Å²) in [6.45, 7) is 1.12. The molecule has 0 spiro atoms. The Bertz CT molecular complexity index is 918. The lowest BCUT2D eigenvalue weighted by molar-refractivity contribution is -0.0175. The van der Waals surface area contributed by atoms with Crippen LogP contribution in [0.15, 0.2) is 60.7 Å². The fourth-order valence-corrected chi connectivity index (χ4v) is 3.23. The molecule has 0 saturated carbocycles. The first-order chi connectivity index (χ1) is 12.1. The lowest BCUT2D eigenvalue weighted by atomic mass is 9.89. The van der Waals surface area contributed by atoms with Gasteiger partial charge < -0.3 is 10.4 Å². The molecule has 2 aromatic carbocycles. The molecule has 3 aromatic rings. The standard InChI is InChI=1S/C21H20N2O2/c24-20(10-11-21(25)13-22-14-21)17-12-19(15-6-2-1-3-7-15)23-18-9-5-4-8-16(17)18/h1-9,12,22,25H,10-11,13-14H2. The Balaban J connectivity index is 1.72. The van der Waals surface area contributed by atoms with E-state index in [2.05, 4.69) is 5.32 Å². The Morgan fingerprint density at radius 3 is 2.52 bits per heavy atom. The van der Waals surface area contributed by atoms with Gasteiger partial charge in [0.05, 0.1) is 16.8 Å². The fourth-order valence-electron chi connectivity index (χ4n) is 3.23. The average Bonchev–Trinajstić information content (AvgIpc) is 2.64. The first-order valence-corrected chi connectivity index (χ1v) is 8.56. The lowest BCUT2D eigenvalue weighted by Crippen LogP contribution is -2.59. The molecule has 0 aliphatic carbocycles. The number of ketones is 1. The number of para-hydroxylation sites is 1. The fraction of sp³-hybridized carbons (Fsp3) is 0.238. The summed E-state index contributed by atoms with van der Waals surface area (Å²) in [5.74, 6) is 0.0520. The van der Waals surface area contributed by atoms with Crippen LogP contribution in [0, 0.1) is 0 Å². The molecule has 0 radical (unpaired) electrons. The van der Waals surface area contributed by atoms with Crippen molar-refractivity contribution in [1.82, 2.24) is 10.3 Å². The zero-order valence-corrected chi connectivity index (χ0v) is 13.9. The molecule has 1 saturated heterocycles. The highest BCUT2D eigenvalue weighted by molar-refractivity contribution is 6.08. The van der Waals surface area contributed by atoms with Gasteiger partial charge in [-0.1, -0.05) is 48.5 Å². The van der Waals surface area contributed by atoms with Crippen LogP contribution in [-0.2, 0) is 0 Å². The molecule has 1 aliphatic rings. The minimum Gasteiger partial charge on any atom is -0.387 e. The van der Waals surface area contributed by atoms with E-state index < -0.39 is 5.60 Å². The summed E-state index contributed by atoms with van der Waals surface area (Å²) in [6.07, 6.45) is 0.816. The van der Waals surface area contributed by atoms with E-state index in [0.717, 1.165) is 22.2 Å². The van der Waals surface area contributed by atoms with Crippen LogP contribution in [0.4, 0.5) is 0 Å². The molecule has 4 rings (SSSR count). The van der Waals surface area contributed by atoms with E-state index in [-0.39, 0.29) is 5.78 Å². The van der Waals surface area contributed by atoms with Crippen LogP contribution in [0.25, 0.3) is 22.2 Å². The Hall–Kier alpha value is -2.56. The van der Waals surface area contributed by atoms with Crippen molar-refractivity contribution in [3.8, 4) is 11.3 Å². The highest BCUT2D eigenvalue weighted by Gasteiger charge is 2.34. The van der Waals surface area contributed by atoms with Crippen molar-refractivity contribution in [1.29, 1.82) is 0 Å². The maximum Gasteiger partial charge on any atom is 0.163 e. The molecule has 4 heteroatoms. The number of pyridine rings is 1. The van der Waals surface area contributed by atoms with Crippen LogP contribution in [0.3, 0.4) is 0 Å². The van der Waals surface area contributed by atoms with E-state index in [0.29, 0.717) is 31.5 Å². The second kappa shape index (κ2) is 6.39. The third-order valence-corrected chi connectivity index (χ3v) is 4.81. The van der Waals surface area contributed by atoms with Gasteiger partial charge in [0.15, 0.2) is 5.78 Å². The Morgan fingerprint density at radius 2 is 1.80 bits per heavy atom. The number of rotatable bonds is 5. The van der Waals surface area contributed by atoms with Crippen molar-refractivity contribution in [3.05, 3.63) is 66.2 Å². The van der Waals surface area contributed by atoms with Crippen molar-refractivity contribution in [2.24, 2.45) is 0 Å². The van der Waals surface area contributed by atoms with Gasteiger partial charge >= 0.3 is 0 Å². The van der Waals surface area contributed by atoms with Gasteiger partial charge in [-0.15, -0.1) is 0 Å².